The number of rotatable bonds is 5. The molecule has 0 aromatic rings. The van der Waals surface area contributed by atoms with E-state index in [0.717, 1.165) is 0 Å². The summed E-state index contributed by atoms with van der Waals surface area (Å²) in [7, 11) is 0. The Kier molecular flexibility index (Phi) is 5.81. The molecule has 0 saturated carbocycles. The summed E-state index contributed by atoms with van der Waals surface area (Å²) < 4.78 is 0.293. The van der Waals surface area contributed by atoms with Crippen LogP contribution in [0.25, 0.3) is 0 Å². The lowest BCUT2D eigenvalue weighted by Gasteiger charge is -2.13. The van der Waals surface area contributed by atoms with E-state index < -0.39 is 12.0 Å². The van der Waals surface area contributed by atoms with Crippen molar-refractivity contribution in [2.45, 2.75) is 17.0 Å². The molecule has 0 radical (unpaired) electrons. The Bertz CT molecular complexity index is 128. The molecule has 1 unspecified atom stereocenters. The fraction of sp³-hybridized carbons (Fsp3) is 0.833. The molecule has 0 aliphatic carbocycles. The van der Waals surface area contributed by atoms with Crippen molar-refractivity contribution < 1.29 is 9.90 Å². The van der Waals surface area contributed by atoms with E-state index in [1.165, 1.54) is 0 Å². The Morgan fingerprint density at radius 3 is 2.27 bits per heavy atom. The number of nitrogens with two attached hydrogens (primary N) is 1. The first-order valence-corrected chi connectivity index (χ1v) is 5.73. The number of hydrogen-bond acceptors (Lipinski definition) is 4. The van der Waals surface area contributed by atoms with E-state index >= 15 is 0 Å². The lowest BCUT2D eigenvalue weighted by atomic mass is 10.2. The van der Waals surface area contributed by atoms with Gasteiger partial charge in [-0.05, 0) is 18.9 Å². The Hall–Kier alpha value is 0.130. The van der Waals surface area contributed by atoms with Crippen LogP contribution in [0.2, 0.25) is 0 Å². The zero-order valence-corrected chi connectivity index (χ0v) is 8.24. The molecule has 0 aliphatic rings. The van der Waals surface area contributed by atoms with Crippen LogP contribution >= 0.6 is 23.5 Å². The fourth-order valence-corrected chi connectivity index (χ4v) is 2.17. The predicted octanol–water partition coefficient (Wildman–Crippen LogP) is 0.841. The van der Waals surface area contributed by atoms with Crippen LogP contribution in [0.3, 0.4) is 0 Å². The second-order valence-electron chi connectivity index (χ2n) is 2.08. The van der Waals surface area contributed by atoms with Crippen molar-refractivity contribution in [2.24, 2.45) is 5.73 Å². The molecule has 5 heteroatoms. The van der Waals surface area contributed by atoms with Crippen LogP contribution in [0.4, 0.5) is 0 Å². The molecule has 3 nitrogen and oxygen atoms in total. The van der Waals surface area contributed by atoms with Crippen molar-refractivity contribution in [2.75, 3.05) is 12.5 Å². The summed E-state index contributed by atoms with van der Waals surface area (Å²) in [5.74, 6) is -0.918. The first-order chi connectivity index (χ1) is 5.11. The van der Waals surface area contributed by atoms with E-state index in [2.05, 4.69) is 0 Å². The lowest BCUT2D eigenvalue weighted by Crippen LogP contribution is -2.32. The van der Waals surface area contributed by atoms with Gasteiger partial charge in [0.2, 0.25) is 0 Å². The Morgan fingerprint density at radius 1 is 1.55 bits per heavy atom. The van der Waals surface area contributed by atoms with Crippen LogP contribution in [0.15, 0.2) is 0 Å². The summed E-state index contributed by atoms with van der Waals surface area (Å²) >= 11 is 3.27. The molecular weight excluding hydrogens is 182 g/mol. The monoisotopic (exact) mass is 195 g/mol. The minimum absolute atomic E-state index is 0.293. The van der Waals surface area contributed by atoms with Gasteiger partial charge >= 0.3 is 5.97 Å². The van der Waals surface area contributed by atoms with Gasteiger partial charge in [-0.25, -0.2) is 0 Å². The molecule has 3 N–H and O–H groups in total. The molecule has 0 saturated heterocycles. The van der Waals surface area contributed by atoms with Crippen LogP contribution in [-0.2, 0) is 4.79 Å². The highest BCUT2D eigenvalue weighted by atomic mass is 32.2. The normalized spacial score (nSPS) is 13.5. The van der Waals surface area contributed by atoms with Crippen molar-refractivity contribution in [1.29, 1.82) is 0 Å². The van der Waals surface area contributed by atoms with Gasteiger partial charge in [0.05, 0.1) is 4.58 Å². The third-order valence-corrected chi connectivity index (χ3v) is 3.88. The molecule has 66 valence electrons. The van der Waals surface area contributed by atoms with E-state index in [-0.39, 0.29) is 0 Å². The second kappa shape index (κ2) is 5.74. The van der Waals surface area contributed by atoms with E-state index in [1.807, 2.05) is 12.5 Å². The van der Waals surface area contributed by atoms with E-state index in [9.17, 15) is 4.79 Å². The summed E-state index contributed by atoms with van der Waals surface area (Å²) in [6, 6.07) is -0.722. The van der Waals surface area contributed by atoms with Gasteiger partial charge in [-0.1, -0.05) is 0 Å². The molecule has 0 aromatic heterocycles. The van der Waals surface area contributed by atoms with Crippen molar-refractivity contribution in [3.8, 4) is 0 Å². The van der Waals surface area contributed by atoms with Crippen molar-refractivity contribution in [3.63, 3.8) is 0 Å². The molecule has 0 aliphatic heterocycles. The summed E-state index contributed by atoms with van der Waals surface area (Å²) in [6.45, 7) is 0. The van der Waals surface area contributed by atoms with Gasteiger partial charge in [-0.3, -0.25) is 4.79 Å². The van der Waals surface area contributed by atoms with Crippen molar-refractivity contribution in [1.82, 2.24) is 0 Å². The minimum atomic E-state index is -0.918. The topological polar surface area (TPSA) is 63.3 Å². The number of aliphatic carboxylic acids is 1. The summed E-state index contributed by atoms with van der Waals surface area (Å²) in [4.78, 5) is 10.3. The number of thioether (sulfide) groups is 2. The standard InChI is InChI=1S/C6H13NO2S2/c1-10-5(11-2)3-4(7)6(8)9/h4-5H,3,7H2,1-2H3,(H,8,9). The third kappa shape index (κ3) is 4.55. The number of carboxylic acids is 1. The van der Waals surface area contributed by atoms with Gasteiger partial charge in [0.25, 0.3) is 0 Å². The molecule has 0 heterocycles. The smallest absolute Gasteiger partial charge is 0.320 e. The summed E-state index contributed by atoms with van der Waals surface area (Å²) in [5, 5.41) is 8.48. The van der Waals surface area contributed by atoms with Gasteiger partial charge in [-0.15, -0.1) is 0 Å². The van der Waals surface area contributed by atoms with E-state index in [1.54, 1.807) is 23.5 Å². The first-order valence-electron chi connectivity index (χ1n) is 3.15. The van der Waals surface area contributed by atoms with Crippen LogP contribution in [0, 0.1) is 0 Å². The van der Waals surface area contributed by atoms with Gasteiger partial charge in [0.15, 0.2) is 0 Å². The number of carboxylic acid groups (broad SMARTS) is 1. The molecule has 0 fully saturated rings. The van der Waals surface area contributed by atoms with E-state index in [4.69, 9.17) is 10.8 Å². The van der Waals surface area contributed by atoms with Gasteiger partial charge < -0.3 is 10.8 Å². The van der Waals surface area contributed by atoms with Gasteiger partial charge in [0.1, 0.15) is 6.04 Å². The maximum atomic E-state index is 10.3. The molecule has 0 amide bonds. The highest BCUT2D eigenvalue weighted by molar-refractivity contribution is 8.16. The molecule has 0 rings (SSSR count). The molecule has 11 heavy (non-hydrogen) atoms. The van der Waals surface area contributed by atoms with Crippen LogP contribution in [0.5, 0.6) is 0 Å². The Labute approximate surface area is 75.1 Å². The zero-order chi connectivity index (χ0) is 8.85. The minimum Gasteiger partial charge on any atom is -0.480 e. The highest BCUT2D eigenvalue weighted by Gasteiger charge is 2.16. The highest BCUT2D eigenvalue weighted by Crippen LogP contribution is 2.22. The number of hydrogen-bond donors (Lipinski definition) is 2. The maximum absolute atomic E-state index is 10.3. The Morgan fingerprint density at radius 2 is 2.00 bits per heavy atom. The molecule has 0 spiro atoms. The molecule has 1 atom stereocenters. The van der Waals surface area contributed by atoms with Crippen LogP contribution < -0.4 is 5.73 Å². The first kappa shape index (κ1) is 11.1. The predicted molar refractivity (Wildman–Crippen MR) is 51.0 cm³/mol. The van der Waals surface area contributed by atoms with Crippen molar-refractivity contribution >= 4 is 29.5 Å². The largest absolute Gasteiger partial charge is 0.480 e. The van der Waals surface area contributed by atoms with Crippen molar-refractivity contribution in [3.05, 3.63) is 0 Å². The van der Waals surface area contributed by atoms with E-state index in [0.29, 0.717) is 11.0 Å². The molecular formula is C6H13NO2S2. The zero-order valence-electron chi connectivity index (χ0n) is 6.61. The fourth-order valence-electron chi connectivity index (χ4n) is 0.597. The lowest BCUT2D eigenvalue weighted by molar-refractivity contribution is -0.138. The maximum Gasteiger partial charge on any atom is 0.320 e. The average Bonchev–Trinajstić information content (AvgIpc) is 1.99. The van der Waals surface area contributed by atoms with Gasteiger partial charge in [-0.2, -0.15) is 23.5 Å². The molecule has 0 aromatic carbocycles. The van der Waals surface area contributed by atoms with Gasteiger partial charge in [0, 0.05) is 0 Å². The summed E-state index contributed by atoms with van der Waals surface area (Å²) in [6.07, 6.45) is 4.43. The molecule has 0 bridgehead atoms. The SMILES string of the molecule is CSC(CC(N)C(=O)O)SC. The average molecular weight is 195 g/mol. The summed E-state index contributed by atoms with van der Waals surface area (Å²) in [5.41, 5.74) is 5.34. The Balaban J connectivity index is 3.71. The number of carbonyl (C=O) groups is 1. The van der Waals surface area contributed by atoms with Crippen LogP contribution in [-0.4, -0.2) is 34.2 Å². The third-order valence-electron chi connectivity index (χ3n) is 1.29. The quantitative estimate of drug-likeness (QED) is 0.636. The second-order valence-corrected chi connectivity index (χ2v) is 4.46. The van der Waals surface area contributed by atoms with Crippen LogP contribution in [0.1, 0.15) is 6.42 Å².